The van der Waals surface area contributed by atoms with Crippen LogP contribution >= 0.6 is 11.6 Å². The Labute approximate surface area is 195 Å². The van der Waals surface area contributed by atoms with Crippen LogP contribution < -0.4 is 10.9 Å². The van der Waals surface area contributed by atoms with Gasteiger partial charge >= 0.3 is 0 Å². The van der Waals surface area contributed by atoms with Gasteiger partial charge in [-0.25, -0.2) is 9.37 Å². The average molecular weight is 465 g/mol. The van der Waals surface area contributed by atoms with Crippen molar-refractivity contribution in [1.82, 2.24) is 20.3 Å². The second-order valence-electron chi connectivity index (χ2n) is 8.22. The van der Waals surface area contributed by atoms with E-state index in [4.69, 9.17) is 11.6 Å². The number of H-pyrrole nitrogens is 1. The molecule has 0 atom stereocenters. The number of rotatable bonds is 5. The number of amides is 1. The number of benzene rings is 1. The molecule has 2 aromatic heterocycles. The first-order valence-electron chi connectivity index (χ1n) is 10.7. The summed E-state index contributed by atoms with van der Waals surface area (Å²) in [6.07, 6.45) is 3.91. The van der Waals surface area contributed by atoms with Crippen molar-refractivity contribution < 1.29 is 9.18 Å². The van der Waals surface area contributed by atoms with Gasteiger partial charge in [0, 0.05) is 36.2 Å². The Morgan fingerprint density at radius 2 is 2.06 bits per heavy atom. The fraction of sp³-hybridized carbons (Fsp3) is 0.280. The molecule has 2 heterocycles. The van der Waals surface area contributed by atoms with Crippen molar-refractivity contribution in [3.63, 3.8) is 0 Å². The summed E-state index contributed by atoms with van der Waals surface area (Å²) in [7, 11) is 0. The Morgan fingerprint density at radius 1 is 1.27 bits per heavy atom. The zero-order valence-electron chi connectivity index (χ0n) is 18.2. The van der Waals surface area contributed by atoms with Crippen molar-refractivity contribution in [2.45, 2.75) is 33.2 Å². The summed E-state index contributed by atoms with van der Waals surface area (Å²) in [4.78, 5) is 35.5. The van der Waals surface area contributed by atoms with Crippen molar-refractivity contribution in [3.8, 4) is 34.6 Å². The molecule has 0 unspecified atom stereocenters. The number of nitrogens with one attached hydrogen (secondary N) is 2. The lowest BCUT2D eigenvalue weighted by Gasteiger charge is -2.13. The Hall–Kier alpha value is -3.50. The van der Waals surface area contributed by atoms with Gasteiger partial charge in [0.05, 0.1) is 22.0 Å². The van der Waals surface area contributed by atoms with Crippen LogP contribution in [0.25, 0.3) is 22.8 Å². The van der Waals surface area contributed by atoms with Crippen molar-refractivity contribution in [1.29, 1.82) is 0 Å². The highest BCUT2D eigenvalue weighted by Crippen LogP contribution is 2.32. The van der Waals surface area contributed by atoms with Crippen LogP contribution in [0.2, 0.25) is 5.02 Å². The maximum absolute atomic E-state index is 14.8. The van der Waals surface area contributed by atoms with Gasteiger partial charge in [-0.15, -0.1) is 0 Å². The summed E-state index contributed by atoms with van der Waals surface area (Å²) >= 11 is 6.46. The summed E-state index contributed by atoms with van der Waals surface area (Å²) in [5.41, 5.74) is 1.51. The van der Waals surface area contributed by atoms with E-state index in [1.54, 1.807) is 26.1 Å². The van der Waals surface area contributed by atoms with E-state index in [1.807, 2.05) is 6.07 Å². The fourth-order valence-corrected chi connectivity index (χ4v) is 3.38. The molecule has 1 saturated carbocycles. The summed E-state index contributed by atoms with van der Waals surface area (Å²) in [6, 6.07) is 7.55. The molecule has 4 rings (SSSR count). The smallest absolute Gasteiger partial charge is 0.251 e. The van der Waals surface area contributed by atoms with Crippen LogP contribution in [-0.2, 0) is 11.3 Å². The third kappa shape index (κ3) is 5.47. The molecule has 1 fully saturated rings. The minimum Gasteiger partial charge on any atom is -0.352 e. The van der Waals surface area contributed by atoms with Crippen LogP contribution in [0.1, 0.15) is 37.8 Å². The Kier molecular flexibility index (Phi) is 6.57. The summed E-state index contributed by atoms with van der Waals surface area (Å²) in [5.74, 6) is 5.73. The van der Waals surface area contributed by atoms with Gasteiger partial charge in [-0.1, -0.05) is 43.4 Å². The molecular weight excluding hydrogens is 443 g/mol. The molecule has 0 saturated heterocycles. The SMILES string of the molecule is CC(C)C(=O)NCc1ccc(F)c(-c2nc(-c3ccc(C#CC4CC4)cn3)cc(=O)[nH]2)c1Cl. The molecule has 6 nitrogen and oxygen atoms in total. The number of hydrogen-bond acceptors (Lipinski definition) is 4. The molecule has 1 aliphatic rings. The van der Waals surface area contributed by atoms with Crippen LogP contribution in [0.5, 0.6) is 0 Å². The number of aromatic nitrogens is 3. The Bertz CT molecular complexity index is 1320. The average Bonchev–Trinajstić information content (AvgIpc) is 3.61. The summed E-state index contributed by atoms with van der Waals surface area (Å²) in [6.45, 7) is 3.67. The Morgan fingerprint density at radius 3 is 2.73 bits per heavy atom. The van der Waals surface area contributed by atoms with E-state index in [2.05, 4.69) is 32.1 Å². The number of halogens is 2. The van der Waals surface area contributed by atoms with Crippen LogP contribution in [0, 0.1) is 29.5 Å². The predicted octanol–water partition coefficient (Wildman–Crippen LogP) is 4.33. The second-order valence-corrected chi connectivity index (χ2v) is 8.60. The molecule has 33 heavy (non-hydrogen) atoms. The predicted molar refractivity (Wildman–Crippen MR) is 125 cm³/mol. The van der Waals surface area contributed by atoms with Crippen molar-refractivity contribution in [2.75, 3.05) is 0 Å². The van der Waals surface area contributed by atoms with Gasteiger partial charge in [0.25, 0.3) is 5.56 Å². The molecule has 8 heteroatoms. The van der Waals surface area contributed by atoms with Crippen molar-refractivity contribution in [2.24, 2.45) is 11.8 Å². The molecular formula is C25H22ClFN4O2. The lowest BCUT2D eigenvalue weighted by molar-refractivity contribution is -0.124. The van der Waals surface area contributed by atoms with Crippen LogP contribution in [0.4, 0.5) is 4.39 Å². The summed E-state index contributed by atoms with van der Waals surface area (Å²) in [5, 5.41) is 2.82. The normalized spacial score (nSPS) is 12.9. The quantitative estimate of drug-likeness (QED) is 0.550. The van der Waals surface area contributed by atoms with Gasteiger partial charge in [-0.2, -0.15) is 0 Å². The van der Waals surface area contributed by atoms with Crippen molar-refractivity contribution in [3.05, 3.63) is 68.8 Å². The van der Waals surface area contributed by atoms with Gasteiger partial charge in [0.1, 0.15) is 11.6 Å². The summed E-state index contributed by atoms with van der Waals surface area (Å²) < 4.78 is 14.8. The highest BCUT2D eigenvalue weighted by molar-refractivity contribution is 6.34. The monoisotopic (exact) mass is 464 g/mol. The van der Waals surface area contributed by atoms with E-state index in [-0.39, 0.29) is 40.5 Å². The largest absolute Gasteiger partial charge is 0.352 e. The van der Waals surface area contributed by atoms with Gasteiger partial charge in [0.15, 0.2) is 0 Å². The minimum absolute atomic E-state index is 0.0172. The third-order valence-corrected chi connectivity index (χ3v) is 5.58. The molecule has 1 aliphatic carbocycles. The standard InChI is InChI=1S/C25H22ClFN4O2/c1-14(2)25(33)29-13-17-8-9-18(27)22(23(17)26)24-30-20(11-21(32)31-24)19-10-7-16(12-28-19)6-5-15-3-4-15/h7-12,14-15H,3-4,13H2,1-2H3,(H,29,33)(H,30,31,32). The van der Waals surface area contributed by atoms with Crippen molar-refractivity contribution >= 4 is 17.5 Å². The van der Waals surface area contributed by atoms with Gasteiger partial charge in [-0.05, 0) is 36.6 Å². The molecule has 2 N–H and O–H groups in total. The molecule has 0 aliphatic heterocycles. The molecule has 3 aromatic rings. The Balaban J connectivity index is 1.66. The number of nitrogens with zero attached hydrogens (tertiary/aromatic N) is 2. The number of pyridine rings is 1. The number of carbonyl (C=O) groups is 1. The first-order valence-corrected chi connectivity index (χ1v) is 11.0. The van der Waals surface area contributed by atoms with E-state index in [9.17, 15) is 14.0 Å². The number of carbonyl (C=O) groups excluding carboxylic acids is 1. The van der Waals surface area contributed by atoms with Crippen LogP contribution in [0.15, 0.2) is 41.3 Å². The molecule has 0 radical (unpaired) electrons. The zero-order valence-corrected chi connectivity index (χ0v) is 19.0. The van der Waals surface area contributed by atoms with Crippen LogP contribution in [0.3, 0.4) is 0 Å². The molecule has 168 valence electrons. The lowest BCUT2D eigenvalue weighted by atomic mass is 10.1. The van der Waals surface area contributed by atoms with E-state index in [0.29, 0.717) is 17.2 Å². The molecule has 0 spiro atoms. The second kappa shape index (κ2) is 9.55. The highest BCUT2D eigenvalue weighted by Gasteiger charge is 2.19. The first-order chi connectivity index (χ1) is 15.8. The molecule has 1 aromatic carbocycles. The molecule has 0 bridgehead atoms. The maximum atomic E-state index is 14.8. The van der Waals surface area contributed by atoms with Gasteiger partial charge in [0.2, 0.25) is 5.91 Å². The van der Waals surface area contributed by atoms with E-state index >= 15 is 0 Å². The van der Waals surface area contributed by atoms with Crippen LogP contribution in [-0.4, -0.2) is 20.9 Å². The first kappa shape index (κ1) is 22.7. The molecule has 1 amide bonds. The highest BCUT2D eigenvalue weighted by atomic mass is 35.5. The number of aromatic amines is 1. The topological polar surface area (TPSA) is 87.7 Å². The zero-order chi connectivity index (χ0) is 23.5. The van der Waals surface area contributed by atoms with Gasteiger partial charge < -0.3 is 10.3 Å². The van der Waals surface area contributed by atoms with E-state index < -0.39 is 11.4 Å². The lowest BCUT2D eigenvalue weighted by Crippen LogP contribution is -2.27. The van der Waals surface area contributed by atoms with Gasteiger partial charge in [-0.3, -0.25) is 14.6 Å². The fourth-order valence-electron chi connectivity index (χ4n) is 3.08. The number of hydrogen-bond donors (Lipinski definition) is 2. The maximum Gasteiger partial charge on any atom is 0.251 e. The van der Waals surface area contributed by atoms with E-state index in [0.717, 1.165) is 18.4 Å². The van der Waals surface area contributed by atoms with E-state index in [1.165, 1.54) is 18.2 Å². The minimum atomic E-state index is -0.641. The third-order valence-electron chi connectivity index (χ3n) is 5.15.